The lowest BCUT2D eigenvalue weighted by atomic mass is 10.1. The van der Waals surface area contributed by atoms with Gasteiger partial charge in [-0.3, -0.25) is 14.9 Å². The van der Waals surface area contributed by atoms with Crippen molar-refractivity contribution in [2.45, 2.75) is 6.18 Å². The number of carbonyl (C=O) groups excluding carboxylic acids is 3. The zero-order chi connectivity index (χ0) is 19.6. The van der Waals surface area contributed by atoms with E-state index in [9.17, 15) is 27.6 Å². The Kier molecular flexibility index (Phi) is 4.68. The smallest absolute Gasteiger partial charge is 0.416 e. The molecule has 1 saturated heterocycles. The summed E-state index contributed by atoms with van der Waals surface area (Å²) >= 11 is 0. The van der Waals surface area contributed by atoms with Crippen molar-refractivity contribution in [3.05, 3.63) is 71.7 Å². The number of amides is 4. The van der Waals surface area contributed by atoms with Gasteiger partial charge in [0, 0.05) is 0 Å². The second-order valence-corrected chi connectivity index (χ2v) is 5.40. The van der Waals surface area contributed by atoms with Crippen molar-refractivity contribution < 1.29 is 32.0 Å². The minimum Gasteiger partial charge on any atom is -0.465 e. The van der Waals surface area contributed by atoms with Crippen molar-refractivity contribution in [2.75, 3.05) is 4.90 Å². The molecule has 1 aromatic heterocycles. The van der Waals surface area contributed by atoms with Gasteiger partial charge >= 0.3 is 12.2 Å². The number of hydrogen-bond acceptors (Lipinski definition) is 4. The maximum atomic E-state index is 12.9. The molecule has 0 radical (unpaired) electrons. The molecule has 0 unspecified atom stereocenters. The average Bonchev–Trinajstić information content (AvgIpc) is 3.10. The first-order valence-electron chi connectivity index (χ1n) is 7.56. The number of furan rings is 1. The van der Waals surface area contributed by atoms with Crippen LogP contribution in [0, 0.1) is 0 Å². The van der Waals surface area contributed by atoms with Gasteiger partial charge in [0.25, 0.3) is 11.8 Å². The molecule has 3 rings (SSSR count). The molecular formula is C18H11F3N2O4. The van der Waals surface area contributed by atoms with Crippen LogP contribution in [-0.4, -0.2) is 17.8 Å². The van der Waals surface area contributed by atoms with E-state index in [4.69, 9.17) is 4.42 Å². The van der Waals surface area contributed by atoms with Crippen LogP contribution in [0.1, 0.15) is 11.3 Å². The lowest BCUT2D eigenvalue weighted by Gasteiger charge is -2.26. The van der Waals surface area contributed by atoms with E-state index < -0.39 is 35.2 Å². The van der Waals surface area contributed by atoms with Crippen LogP contribution in [0.2, 0.25) is 0 Å². The summed E-state index contributed by atoms with van der Waals surface area (Å²) in [7, 11) is 0. The molecular weight excluding hydrogens is 365 g/mol. The van der Waals surface area contributed by atoms with Gasteiger partial charge in [0.1, 0.15) is 11.3 Å². The Morgan fingerprint density at radius 2 is 1.85 bits per heavy atom. The fourth-order valence-corrected chi connectivity index (χ4v) is 2.36. The van der Waals surface area contributed by atoms with E-state index in [0.29, 0.717) is 16.7 Å². The van der Waals surface area contributed by atoms with E-state index in [0.717, 1.165) is 18.2 Å². The lowest BCUT2D eigenvalue weighted by Crippen LogP contribution is -2.54. The number of rotatable bonds is 3. The molecule has 1 N–H and O–H groups in total. The molecule has 27 heavy (non-hydrogen) atoms. The van der Waals surface area contributed by atoms with E-state index in [1.165, 1.54) is 24.5 Å². The number of urea groups is 1. The zero-order valence-electron chi connectivity index (χ0n) is 13.5. The van der Waals surface area contributed by atoms with Gasteiger partial charge in [0.05, 0.1) is 17.5 Å². The van der Waals surface area contributed by atoms with Crippen LogP contribution >= 0.6 is 0 Å². The normalized spacial score (nSPS) is 17.1. The second kappa shape index (κ2) is 6.94. The Hall–Kier alpha value is -3.62. The number of imide groups is 2. The average molecular weight is 376 g/mol. The van der Waals surface area contributed by atoms with Gasteiger partial charge in [-0.05, 0) is 42.5 Å². The summed E-state index contributed by atoms with van der Waals surface area (Å²) in [6.45, 7) is 0. The molecule has 2 aromatic rings. The number of halogens is 3. The van der Waals surface area contributed by atoms with Crippen LogP contribution in [0.4, 0.5) is 23.7 Å². The van der Waals surface area contributed by atoms with E-state index in [-0.39, 0.29) is 5.69 Å². The van der Waals surface area contributed by atoms with Crippen LogP contribution in [0.25, 0.3) is 6.08 Å². The van der Waals surface area contributed by atoms with Crippen LogP contribution in [0.15, 0.2) is 64.8 Å². The first-order chi connectivity index (χ1) is 12.8. The predicted octanol–water partition coefficient (Wildman–Crippen LogP) is 3.52. The summed E-state index contributed by atoms with van der Waals surface area (Å²) < 4.78 is 43.7. The standard InChI is InChI=1S/C18H11F3N2O4/c19-18(20,21)11-4-1-5-12(10-11)23-16(25)14(15(24)22-17(23)26)8-2-6-13-7-3-9-27-13/h1-10H,(H,22,24,26)/b6-2+,14-8-. The maximum Gasteiger partial charge on any atom is 0.416 e. The van der Waals surface area contributed by atoms with E-state index in [1.807, 2.05) is 5.32 Å². The number of alkyl halides is 3. The molecule has 6 nitrogen and oxygen atoms in total. The van der Waals surface area contributed by atoms with Gasteiger partial charge in [0.2, 0.25) is 0 Å². The highest BCUT2D eigenvalue weighted by molar-refractivity contribution is 6.37. The Morgan fingerprint density at radius 3 is 2.52 bits per heavy atom. The molecule has 0 spiro atoms. The highest BCUT2D eigenvalue weighted by Gasteiger charge is 2.38. The summed E-state index contributed by atoms with van der Waals surface area (Å²) in [4.78, 5) is 37.0. The van der Waals surface area contributed by atoms with Gasteiger partial charge in [-0.25, -0.2) is 9.69 Å². The number of allylic oxidation sites excluding steroid dienone is 2. The molecule has 1 aliphatic rings. The van der Waals surface area contributed by atoms with Crippen molar-refractivity contribution >= 4 is 29.6 Å². The number of nitrogens with zero attached hydrogens (tertiary/aromatic N) is 1. The van der Waals surface area contributed by atoms with Gasteiger partial charge in [-0.1, -0.05) is 12.1 Å². The van der Waals surface area contributed by atoms with E-state index in [2.05, 4.69) is 0 Å². The maximum absolute atomic E-state index is 12.9. The molecule has 0 atom stereocenters. The number of anilines is 1. The molecule has 9 heteroatoms. The quantitative estimate of drug-likeness (QED) is 0.657. The molecule has 0 bridgehead atoms. The predicted molar refractivity (Wildman–Crippen MR) is 88.3 cm³/mol. The van der Waals surface area contributed by atoms with Crippen LogP contribution in [-0.2, 0) is 15.8 Å². The van der Waals surface area contributed by atoms with E-state index >= 15 is 0 Å². The van der Waals surface area contributed by atoms with Gasteiger partial charge in [-0.2, -0.15) is 13.2 Å². The fraction of sp³-hybridized carbons (Fsp3) is 0.0556. The van der Waals surface area contributed by atoms with Crippen LogP contribution in [0.5, 0.6) is 0 Å². The molecule has 138 valence electrons. The van der Waals surface area contributed by atoms with Crippen molar-refractivity contribution in [3.63, 3.8) is 0 Å². The topological polar surface area (TPSA) is 79.6 Å². The molecule has 0 saturated carbocycles. The van der Waals surface area contributed by atoms with Crippen molar-refractivity contribution in [3.8, 4) is 0 Å². The SMILES string of the molecule is O=C1NC(=O)N(c2cccc(C(F)(F)F)c2)C(=O)/C1=C\C=C\c1ccco1. The van der Waals surface area contributed by atoms with E-state index in [1.54, 1.807) is 12.1 Å². The third-order valence-electron chi connectivity index (χ3n) is 3.60. The summed E-state index contributed by atoms with van der Waals surface area (Å²) in [6.07, 6.45) is 0.752. The third kappa shape index (κ3) is 3.81. The third-order valence-corrected chi connectivity index (χ3v) is 3.60. The lowest BCUT2D eigenvalue weighted by molar-refractivity contribution is -0.137. The highest BCUT2D eigenvalue weighted by atomic mass is 19.4. The van der Waals surface area contributed by atoms with Crippen molar-refractivity contribution in [1.82, 2.24) is 5.32 Å². The number of hydrogen-bond donors (Lipinski definition) is 1. The Bertz CT molecular complexity index is 959. The number of barbiturate groups is 1. The zero-order valence-corrected chi connectivity index (χ0v) is 13.5. The number of nitrogens with one attached hydrogen (secondary N) is 1. The van der Waals surface area contributed by atoms with Gasteiger partial charge < -0.3 is 4.42 Å². The Morgan fingerprint density at radius 1 is 1.07 bits per heavy atom. The molecule has 1 fully saturated rings. The Balaban J connectivity index is 1.93. The van der Waals surface area contributed by atoms with Crippen LogP contribution < -0.4 is 10.2 Å². The molecule has 0 aliphatic carbocycles. The van der Waals surface area contributed by atoms with Gasteiger partial charge in [-0.15, -0.1) is 0 Å². The molecule has 1 aromatic carbocycles. The minimum atomic E-state index is -4.65. The summed E-state index contributed by atoms with van der Waals surface area (Å²) in [5, 5.41) is 1.93. The molecule has 2 heterocycles. The first kappa shape index (κ1) is 18.2. The fourth-order valence-electron chi connectivity index (χ4n) is 2.36. The van der Waals surface area contributed by atoms with Crippen molar-refractivity contribution in [1.29, 1.82) is 0 Å². The summed E-state index contributed by atoms with van der Waals surface area (Å²) in [5.74, 6) is -1.52. The number of benzene rings is 1. The highest BCUT2D eigenvalue weighted by Crippen LogP contribution is 2.32. The minimum absolute atomic E-state index is 0.305. The molecule has 4 amide bonds. The first-order valence-corrected chi connectivity index (χ1v) is 7.56. The Labute approximate surface area is 150 Å². The van der Waals surface area contributed by atoms with Crippen molar-refractivity contribution in [2.24, 2.45) is 0 Å². The van der Waals surface area contributed by atoms with Gasteiger partial charge in [0.15, 0.2) is 0 Å². The molecule has 1 aliphatic heterocycles. The summed E-state index contributed by atoms with van der Waals surface area (Å²) in [5.41, 5.74) is -1.74. The number of carbonyl (C=O) groups is 3. The second-order valence-electron chi connectivity index (χ2n) is 5.40. The largest absolute Gasteiger partial charge is 0.465 e. The van der Waals surface area contributed by atoms with Crippen LogP contribution in [0.3, 0.4) is 0 Å². The summed E-state index contributed by atoms with van der Waals surface area (Å²) in [6, 6.07) is 5.84. The monoisotopic (exact) mass is 376 g/mol.